The first-order valence-electron chi connectivity index (χ1n) is 7.82. The van der Waals surface area contributed by atoms with Crippen LogP contribution in [-0.2, 0) is 0 Å². The van der Waals surface area contributed by atoms with Crippen LogP contribution >= 0.6 is 11.8 Å². The molecular formula is C16H23N3OS. The van der Waals surface area contributed by atoms with Crippen molar-refractivity contribution in [3.8, 4) is 5.75 Å². The van der Waals surface area contributed by atoms with Gasteiger partial charge in [-0.05, 0) is 38.4 Å². The van der Waals surface area contributed by atoms with Crippen LogP contribution < -0.4 is 10.1 Å². The van der Waals surface area contributed by atoms with Crippen LogP contribution in [0.3, 0.4) is 0 Å². The number of imidazole rings is 1. The van der Waals surface area contributed by atoms with E-state index >= 15 is 0 Å². The second-order valence-corrected chi connectivity index (χ2v) is 6.63. The minimum atomic E-state index is 0.618. The molecule has 0 amide bonds. The van der Waals surface area contributed by atoms with Crippen molar-refractivity contribution in [2.24, 2.45) is 0 Å². The molecule has 114 valence electrons. The molecule has 1 aliphatic rings. The van der Waals surface area contributed by atoms with E-state index in [-0.39, 0.29) is 0 Å². The van der Waals surface area contributed by atoms with Crippen LogP contribution in [0.1, 0.15) is 33.1 Å². The summed E-state index contributed by atoms with van der Waals surface area (Å²) in [5.74, 6) is 0.900. The van der Waals surface area contributed by atoms with Crippen LogP contribution in [0.5, 0.6) is 5.75 Å². The van der Waals surface area contributed by atoms with Gasteiger partial charge in [-0.1, -0.05) is 25.1 Å². The van der Waals surface area contributed by atoms with E-state index in [0.717, 1.165) is 28.5 Å². The standard InChI is InChI=1S/C16H23N3OS/c1-3-17-13-6-5-7-15(13)21-16-18-12-9-8-11(20-4-2)10-14(12)19-16/h8-10,13,15,17H,3-7H2,1-2H3,(H,18,19). The second-order valence-electron chi connectivity index (χ2n) is 5.41. The largest absolute Gasteiger partial charge is 0.494 e. The molecule has 2 unspecified atom stereocenters. The predicted octanol–water partition coefficient (Wildman–Crippen LogP) is 3.58. The van der Waals surface area contributed by atoms with Gasteiger partial charge in [0.05, 0.1) is 17.6 Å². The summed E-state index contributed by atoms with van der Waals surface area (Å²) >= 11 is 1.87. The summed E-state index contributed by atoms with van der Waals surface area (Å²) in [7, 11) is 0. The molecule has 0 radical (unpaired) electrons. The summed E-state index contributed by atoms with van der Waals surface area (Å²) in [5, 5.41) is 5.24. The average Bonchev–Trinajstić information content (AvgIpc) is 3.06. The number of benzene rings is 1. The maximum absolute atomic E-state index is 5.54. The number of rotatable bonds is 6. The summed E-state index contributed by atoms with van der Waals surface area (Å²) in [6, 6.07) is 6.66. The first-order chi connectivity index (χ1) is 10.3. The average molecular weight is 305 g/mol. The molecule has 2 N–H and O–H groups in total. The predicted molar refractivity (Wildman–Crippen MR) is 88.2 cm³/mol. The first-order valence-corrected chi connectivity index (χ1v) is 8.70. The van der Waals surface area contributed by atoms with Crippen LogP contribution in [0.4, 0.5) is 0 Å². The number of hydrogen-bond donors (Lipinski definition) is 2. The smallest absolute Gasteiger partial charge is 0.166 e. The highest BCUT2D eigenvalue weighted by Gasteiger charge is 2.28. The van der Waals surface area contributed by atoms with Crippen molar-refractivity contribution in [1.29, 1.82) is 0 Å². The van der Waals surface area contributed by atoms with Gasteiger partial charge < -0.3 is 15.0 Å². The van der Waals surface area contributed by atoms with Crippen molar-refractivity contribution >= 4 is 22.8 Å². The van der Waals surface area contributed by atoms with Crippen molar-refractivity contribution in [3.63, 3.8) is 0 Å². The van der Waals surface area contributed by atoms with Gasteiger partial charge in [0.15, 0.2) is 5.16 Å². The van der Waals surface area contributed by atoms with E-state index in [1.165, 1.54) is 19.3 Å². The van der Waals surface area contributed by atoms with Crippen LogP contribution in [0.2, 0.25) is 0 Å². The molecule has 2 aromatic rings. The van der Waals surface area contributed by atoms with Crippen LogP contribution in [0, 0.1) is 0 Å². The molecule has 0 spiro atoms. The molecule has 0 aliphatic heterocycles. The minimum absolute atomic E-state index is 0.618. The first kappa shape index (κ1) is 14.7. The van der Waals surface area contributed by atoms with Crippen molar-refractivity contribution in [1.82, 2.24) is 15.3 Å². The van der Waals surface area contributed by atoms with Crippen molar-refractivity contribution < 1.29 is 4.74 Å². The molecule has 4 nitrogen and oxygen atoms in total. The van der Waals surface area contributed by atoms with E-state index in [4.69, 9.17) is 9.72 Å². The maximum atomic E-state index is 5.54. The fourth-order valence-electron chi connectivity index (χ4n) is 2.98. The Hall–Kier alpha value is -1.20. The number of nitrogens with zero attached hydrogens (tertiary/aromatic N) is 1. The zero-order chi connectivity index (χ0) is 14.7. The van der Waals surface area contributed by atoms with Gasteiger partial charge in [-0.25, -0.2) is 4.98 Å². The second kappa shape index (κ2) is 6.71. The monoisotopic (exact) mass is 305 g/mol. The lowest BCUT2D eigenvalue weighted by atomic mass is 10.2. The van der Waals surface area contributed by atoms with Gasteiger partial charge in [0.2, 0.25) is 0 Å². The molecule has 1 aromatic heterocycles. The molecule has 1 saturated carbocycles. The number of ether oxygens (including phenoxy) is 1. The molecule has 0 saturated heterocycles. The van der Waals surface area contributed by atoms with Crippen LogP contribution in [0.25, 0.3) is 11.0 Å². The Bertz CT molecular complexity index is 598. The number of H-pyrrole nitrogens is 1. The third kappa shape index (κ3) is 3.35. The molecular weight excluding hydrogens is 282 g/mol. The fraction of sp³-hybridized carbons (Fsp3) is 0.562. The molecule has 1 aromatic carbocycles. The van der Waals surface area contributed by atoms with Gasteiger partial charge >= 0.3 is 0 Å². The van der Waals surface area contributed by atoms with Gasteiger partial charge in [-0.3, -0.25) is 0 Å². The van der Waals surface area contributed by atoms with E-state index < -0.39 is 0 Å². The Morgan fingerprint density at radius 2 is 2.29 bits per heavy atom. The third-order valence-electron chi connectivity index (χ3n) is 3.92. The Labute approximate surface area is 130 Å². The lowest BCUT2D eigenvalue weighted by molar-refractivity contribution is 0.340. The fourth-order valence-corrected chi connectivity index (χ4v) is 4.27. The Balaban J connectivity index is 1.75. The van der Waals surface area contributed by atoms with Gasteiger partial charge in [0.1, 0.15) is 5.75 Å². The van der Waals surface area contributed by atoms with E-state index in [2.05, 4.69) is 17.2 Å². The number of thioether (sulfide) groups is 1. The Morgan fingerprint density at radius 3 is 3.10 bits per heavy atom. The number of aromatic amines is 1. The van der Waals surface area contributed by atoms with Crippen molar-refractivity contribution in [2.45, 2.75) is 49.6 Å². The van der Waals surface area contributed by atoms with Crippen LogP contribution in [-0.4, -0.2) is 34.4 Å². The van der Waals surface area contributed by atoms with Gasteiger partial charge in [0.25, 0.3) is 0 Å². The molecule has 1 fully saturated rings. The topological polar surface area (TPSA) is 49.9 Å². The quantitative estimate of drug-likeness (QED) is 0.856. The Morgan fingerprint density at radius 1 is 1.38 bits per heavy atom. The molecule has 0 bridgehead atoms. The molecule has 3 rings (SSSR count). The number of hydrogen-bond acceptors (Lipinski definition) is 4. The molecule has 5 heteroatoms. The minimum Gasteiger partial charge on any atom is -0.494 e. The van der Waals surface area contributed by atoms with Crippen molar-refractivity contribution in [2.75, 3.05) is 13.2 Å². The molecule has 1 heterocycles. The molecule has 21 heavy (non-hydrogen) atoms. The highest BCUT2D eigenvalue weighted by molar-refractivity contribution is 7.99. The van der Waals surface area contributed by atoms with Crippen molar-refractivity contribution in [3.05, 3.63) is 18.2 Å². The van der Waals surface area contributed by atoms with Gasteiger partial charge in [-0.2, -0.15) is 0 Å². The van der Waals surface area contributed by atoms with E-state index in [1.54, 1.807) is 0 Å². The number of fused-ring (bicyclic) bond motifs is 1. The third-order valence-corrected chi connectivity index (χ3v) is 5.21. The summed E-state index contributed by atoms with van der Waals surface area (Å²) in [6.07, 6.45) is 3.86. The van der Waals surface area contributed by atoms with Crippen LogP contribution in [0.15, 0.2) is 23.4 Å². The zero-order valence-corrected chi connectivity index (χ0v) is 13.5. The van der Waals surface area contributed by atoms with Gasteiger partial charge in [0, 0.05) is 17.4 Å². The van der Waals surface area contributed by atoms with E-state index in [9.17, 15) is 0 Å². The summed E-state index contributed by atoms with van der Waals surface area (Å²) in [6.45, 7) is 5.91. The summed E-state index contributed by atoms with van der Waals surface area (Å²) in [4.78, 5) is 8.12. The number of aromatic nitrogens is 2. The highest BCUT2D eigenvalue weighted by atomic mass is 32.2. The Kier molecular flexibility index (Phi) is 4.70. The lowest BCUT2D eigenvalue weighted by Crippen LogP contribution is -2.33. The highest BCUT2D eigenvalue weighted by Crippen LogP contribution is 2.34. The van der Waals surface area contributed by atoms with Gasteiger partial charge in [-0.15, -0.1) is 0 Å². The maximum Gasteiger partial charge on any atom is 0.166 e. The molecule has 1 aliphatic carbocycles. The summed E-state index contributed by atoms with van der Waals surface area (Å²) < 4.78 is 5.54. The molecule has 2 atom stereocenters. The van der Waals surface area contributed by atoms with E-state index in [0.29, 0.717) is 17.9 Å². The zero-order valence-electron chi connectivity index (χ0n) is 12.7. The van der Waals surface area contributed by atoms with E-state index in [1.807, 2.05) is 36.9 Å². The number of nitrogens with one attached hydrogen (secondary N) is 2. The normalized spacial score (nSPS) is 22.0. The lowest BCUT2D eigenvalue weighted by Gasteiger charge is -2.18. The summed E-state index contributed by atoms with van der Waals surface area (Å²) in [5.41, 5.74) is 2.07. The SMILES string of the molecule is CCNC1CCCC1Sc1nc2ccc(OCC)cc2[nH]1.